The van der Waals surface area contributed by atoms with Crippen molar-refractivity contribution in [2.45, 2.75) is 24.7 Å². The number of aromatic hydroxyl groups is 1. The Balaban J connectivity index is 3.20. The van der Waals surface area contributed by atoms with Gasteiger partial charge in [-0.05, 0) is 24.3 Å². The van der Waals surface area contributed by atoms with Crippen molar-refractivity contribution in [2.24, 2.45) is 0 Å². The highest BCUT2D eigenvalue weighted by atomic mass is 32.2. The Hall–Kier alpha value is -0.630. The number of phenols is 1. The Morgan fingerprint density at radius 3 is 2.42 bits per heavy atom. The van der Waals surface area contributed by atoms with Gasteiger partial charge < -0.3 is 5.11 Å². The molecule has 0 aliphatic rings. The van der Waals surface area contributed by atoms with Crippen molar-refractivity contribution in [3.8, 4) is 5.75 Å². The van der Waals surface area contributed by atoms with Gasteiger partial charge in [-0.25, -0.2) is 0 Å². The molecular formula is C10H14OS. The van der Waals surface area contributed by atoms with E-state index in [1.165, 1.54) is 4.90 Å². The molecule has 1 N–H and O–H groups in total. The van der Waals surface area contributed by atoms with E-state index in [0.29, 0.717) is 11.7 Å². The van der Waals surface area contributed by atoms with Gasteiger partial charge in [0.1, 0.15) is 5.75 Å². The van der Waals surface area contributed by atoms with Gasteiger partial charge in [0.25, 0.3) is 0 Å². The summed E-state index contributed by atoms with van der Waals surface area (Å²) in [6.45, 7) is 4.18. The molecule has 1 nitrogen and oxygen atoms in total. The average Bonchev–Trinajstić information content (AvgIpc) is 2.03. The van der Waals surface area contributed by atoms with Gasteiger partial charge in [0, 0.05) is 10.5 Å². The molecule has 0 amide bonds. The fraction of sp³-hybridized carbons (Fsp3) is 0.400. The SMILES string of the molecule is CSc1cccc(O)c1C(C)C. The number of hydrogen-bond acceptors (Lipinski definition) is 2. The highest BCUT2D eigenvalue weighted by molar-refractivity contribution is 7.98. The minimum atomic E-state index is 0.383. The molecule has 1 aromatic rings. The molecule has 0 spiro atoms. The van der Waals surface area contributed by atoms with Gasteiger partial charge in [-0.1, -0.05) is 19.9 Å². The maximum absolute atomic E-state index is 9.58. The van der Waals surface area contributed by atoms with Gasteiger partial charge in [-0.2, -0.15) is 0 Å². The molecule has 0 saturated carbocycles. The third kappa shape index (κ3) is 1.75. The topological polar surface area (TPSA) is 20.2 Å². The number of phenolic OH excluding ortho intramolecular Hbond substituents is 1. The first kappa shape index (κ1) is 9.46. The second kappa shape index (κ2) is 3.85. The van der Waals surface area contributed by atoms with Gasteiger partial charge in [0.2, 0.25) is 0 Å². The second-order valence-corrected chi connectivity index (χ2v) is 3.90. The molecule has 0 saturated heterocycles. The summed E-state index contributed by atoms with van der Waals surface area (Å²) in [6, 6.07) is 5.67. The van der Waals surface area contributed by atoms with E-state index in [1.807, 2.05) is 18.4 Å². The zero-order valence-corrected chi connectivity index (χ0v) is 8.48. The van der Waals surface area contributed by atoms with Gasteiger partial charge in [0.05, 0.1) is 0 Å². The fourth-order valence-corrected chi connectivity index (χ4v) is 2.07. The largest absolute Gasteiger partial charge is 0.508 e. The first-order valence-electron chi connectivity index (χ1n) is 4.02. The molecule has 0 heterocycles. The van der Waals surface area contributed by atoms with E-state index in [-0.39, 0.29) is 0 Å². The van der Waals surface area contributed by atoms with Gasteiger partial charge in [-0.3, -0.25) is 0 Å². The molecule has 0 fully saturated rings. The Morgan fingerprint density at radius 2 is 2.00 bits per heavy atom. The number of rotatable bonds is 2. The Labute approximate surface area is 77.8 Å². The molecule has 0 aliphatic heterocycles. The van der Waals surface area contributed by atoms with Crippen LogP contribution >= 0.6 is 11.8 Å². The molecule has 1 aromatic carbocycles. The predicted molar refractivity (Wildman–Crippen MR) is 54.0 cm³/mol. The lowest BCUT2D eigenvalue weighted by Crippen LogP contribution is -1.90. The van der Waals surface area contributed by atoms with Crippen molar-refractivity contribution in [3.63, 3.8) is 0 Å². The molecule has 0 aromatic heterocycles. The quantitative estimate of drug-likeness (QED) is 0.708. The molecule has 0 atom stereocenters. The van der Waals surface area contributed by atoms with Crippen LogP contribution in [0.2, 0.25) is 0 Å². The third-order valence-electron chi connectivity index (χ3n) is 1.84. The summed E-state index contributed by atoms with van der Waals surface area (Å²) in [5.41, 5.74) is 1.06. The van der Waals surface area contributed by atoms with Crippen molar-refractivity contribution in [1.82, 2.24) is 0 Å². The van der Waals surface area contributed by atoms with Crippen molar-refractivity contribution in [2.75, 3.05) is 6.26 Å². The van der Waals surface area contributed by atoms with Crippen molar-refractivity contribution in [1.29, 1.82) is 0 Å². The van der Waals surface area contributed by atoms with Crippen molar-refractivity contribution < 1.29 is 5.11 Å². The van der Waals surface area contributed by atoms with E-state index in [9.17, 15) is 5.11 Å². The van der Waals surface area contributed by atoms with Crippen LogP contribution in [0.4, 0.5) is 0 Å². The van der Waals surface area contributed by atoms with Crippen molar-refractivity contribution >= 4 is 11.8 Å². The van der Waals surface area contributed by atoms with E-state index >= 15 is 0 Å². The van der Waals surface area contributed by atoms with Crippen LogP contribution in [0, 0.1) is 0 Å². The van der Waals surface area contributed by atoms with E-state index in [0.717, 1.165) is 5.56 Å². The van der Waals surface area contributed by atoms with Gasteiger partial charge in [0.15, 0.2) is 0 Å². The van der Waals surface area contributed by atoms with Crippen LogP contribution in [0.1, 0.15) is 25.3 Å². The Morgan fingerprint density at radius 1 is 1.33 bits per heavy atom. The molecule has 2 heteroatoms. The van der Waals surface area contributed by atoms with Crippen LogP contribution in [-0.4, -0.2) is 11.4 Å². The zero-order chi connectivity index (χ0) is 9.14. The molecular weight excluding hydrogens is 168 g/mol. The van der Waals surface area contributed by atoms with Crippen LogP contribution in [0.15, 0.2) is 23.1 Å². The molecule has 0 unspecified atom stereocenters. The Bertz CT molecular complexity index is 269. The lowest BCUT2D eigenvalue weighted by atomic mass is 10.0. The molecule has 0 aliphatic carbocycles. The zero-order valence-electron chi connectivity index (χ0n) is 7.66. The van der Waals surface area contributed by atoms with Crippen LogP contribution in [0.3, 0.4) is 0 Å². The smallest absolute Gasteiger partial charge is 0.120 e. The highest BCUT2D eigenvalue weighted by Crippen LogP contribution is 2.33. The van der Waals surface area contributed by atoms with Gasteiger partial charge >= 0.3 is 0 Å². The van der Waals surface area contributed by atoms with E-state index in [2.05, 4.69) is 13.8 Å². The third-order valence-corrected chi connectivity index (χ3v) is 2.64. The number of hydrogen-bond donors (Lipinski definition) is 1. The molecule has 0 radical (unpaired) electrons. The molecule has 12 heavy (non-hydrogen) atoms. The molecule has 1 rings (SSSR count). The summed E-state index contributed by atoms with van der Waals surface area (Å²) in [7, 11) is 0. The first-order chi connectivity index (χ1) is 5.66. The first-order valence-corrected chi connectivity index (χ1v) is 5.25. The number of thioether (sulfide) groups is 1. The number of benzene rings is 1. The lowest BCUT2D eigenvalue weighted by molar-refractivity contribution is 0.462. The summed E-state index contributed by atoms with van der Waals surface area (Å²) in [6.07, 6.45) is 2.03. The standard InChI is InChI=1S/C10H14OS/c1-7(2)10-8(11)5-4-6-9(10)12-3/h4-7,11H,1-3H3. The van der Waals surface area contributed by atoms with Crippen LogP contribution in [-0.2, 0) is 0 Å². The van der Waals surface area contributed by atoms with E-state index < -0.39 is 0 Å². The molecule has 0 bridgehead atoms. The minimum Gasteiger partial charge on any atom is -0.508 e. The minimum absolute atomic E-state index is 0.383. The Kier molecular flexibility index (Phi) is 3.04. The lowest BCUT2D eigenvalue weighted by Gasteiger charge is -2.12. The maximum Gasteiger partial charge on any atom is 0.120 e. The summed E-state index contributed by atoms with van der Waals surface area (Å²) >= 11 is 1.68. The van der Waals surface area contributed by atoms with Gasteiger partial charge in [-0.15, -0.1) is 11.8 Å². The van der Waals surface area contributed by atoms with Crippen LogP contribution in [0.5, 0.6) is 5.75 Å². The predicted octanol–water partition coefficient (Wildman–Crippen LogP) is 3.24. The average molecular weight is 182 g/mol. The normalized spacial score (nSPS) is 10.7. The summed E-state index contributed by atoms with van der Waals surface area (Å²) < 4.78 is 0. The molecule has 66 valence electrons. The van der Waals surface area contributed by atoms with Crippen LogP contribution in [0.25, 0.3) is 0 Å². The van der Waals surface area contributed by atoms with E-state index in [4.69, 9.17) is 0 Å². The summed E-state index contributed by atoms with van der Waals surface area (Å²) in [5.74, 6) is 0.797. The summed E-state index contributed by atoms with van der Waals surface area (Å²) in [5, 5.41) is 9.58. The summed E-state index contributed by atoms with van der Waals surface area (Å²) in [4.78, 5) is 1.17. The second-order valence-electron chi connectivity index (χ2n) is 3.05. The highest BCUT2D eigenvalue weighted by Gasteiger charge is 2.09. The maximum atomic E-state index is 9.58. The van der Waals surface area contributed by atoms with E-state index in [1.54, 1.807) is 17.8 Å². The fourth-order valence-electron chi connectivity index (χ4n) is 1.29. The monoisotopic (exact) mass is 182 g/mol. The van der Waals surface area contributed by atoms with Crippen molar-refractivity contribution in [3.05, 3.63) is 23.8 Å². The van der Waals surface area contributed by atoms with Crippen LogP contribution < -0.4 is 0 Å².